The van der Waals surface area contributed by atoms with Crippen LogP contribution in [0.2, 0.25) is 0 Å². The van der Waals surface area contributed by atoms with Gasteiger partial charge in [-0.15, -0.1) is 0 Å². The number of phenols is 2. The molecule has 3 N–H and O–H groups in total. The van der Waals surface area contributed by atoms with Gasteiger partial charge in [-0.05, 0) is 26.0 Å². The van der Waals surface area contributed by atoms with Crippen molar-refractivity contribution in [3.05, 3.63) is 36.1 Å². The van der Waals surface area contributed by atoms with Crippen LogP contribution in [0.3, 0.4) is 0 Å². The number of ether oxygens (including phenoxy) is 1. The van der Waals surface area contributed by atoms with Crippen LogP contribution in [-0.4, -0.2) is 35.8 Å². The van der Waals surface area contributed by atoms with E-state index in [1.165, 1.54) is 23.3 Å². The van der Waals surface area contributed by atoms with E-state index in [1.807, 2.05) is 0 Å². The third kappa shape index (κ3) is 4.63. The molecule has 1 aromatic carbocycles. The maximum atomic E-state index is 11.6. The van der Waals surface area contributed by atoms with Crippen LogP contribution in [0.1, 0.15) is 24.2 Å². The number of nitrogens with one attached hydrogen (secondary N) is 1. The van der Waals surface area contributed by atoms with E-state index in [0.29, 0.717) is 0 Å². The van der Waals surface area contributed by atoms with Gasteiger partial charge < -0.3 is 19.8 Å². The van der Waals surface area contributed by atoms with Crippen LogP contribution in [0, 0.1) is 0 Å². The van der Waals surface area contributed by atoms with Gasteiger partial charge in [-0.1, -0.05) is 0 Å². The summed E-state index contributed by atoms with van der Waals surface area (Å²) in [5.41, 5.74) is 0.0256. The highest BCUT2D eigenvalue weighted by Crippen LogP contribution is 2.23. The van der Waals surface area contributed by atoms with E-state index >= 15 is 0 Å². The van der Waals surface area contributed by atoms with Crippen LogP contribution in [0.25, 0.3) is 0 Å². The van der Waals surface area contributed by atoms with Gasteiger partial charge in [0.15, 0.2) is 0 Å². The molecule has 0 saturated carbocycles. The predicted molar refractivity (Wildman–Crippen MR) is 71.2 cm³/mol. The van der Waals surface area contributed by atoms with Crippen LogP contribution >= 0.6 is 0 Å². The molecule has 5 heteroatoms. The van der Waals surface area contributed by atoms with Gasteiger partial charge in [-0.2, -0.15) is 0 Å². The van der Waals surface area contributed by atoms with Crippen LogP contribution in [0.5, 0.6) is 11.5 Å². The monoisotopic (exact) mass is 266 g/mol. The highest BCUT2D eigenvalue weighted by Gasteiger charge is 2.12. The summed E-state index contributed by atoms with van der Waals surface area (Å²) in [5, 5.41) is 18.6. The number of phenolic OH excluding ortho intramolecular Hbond substituents is 2. The van der Waals surface area contributed by atoms with E-state index in [9.17, 15) is 9.90 Å². The Kier molecular flexibility index (Phi) is 5.89. The molecule has 19 heavy (non-hydrogen) atoms. The lowest BCUT2D eigenvalue weighted by Gasteiger charge is -2.11. The SMILES string of the molecule is CC[NH+](CC)C/C=C/OC(=O)c1ccc(O)cc1O. The second-order valence-corrected chi connectivity index (χ2v) is 4.14. The van der Waals surface area contributed by atoms with Crippen molar-refractivity contribution >= 4 is 5.97 Å². The molecule has 0 aliphatic heterocycles. The quantitative estimate of drug-likeness (QED) is 0.523. The summed E-state index contributed by atoms with van der Waals surface area (Å²) < 4.78 is 4.91. The normalized spacial score (nSPS) is 11.1. The summed E-state index contributed by atoms with van der Waals surface area (Å²) in [6, 6.07) is 3.73. The first kappa shape index (κ1) is 15.0. The summed E-state index contributed by atoms with van der Waals surface area (Å²) in [7, 11) is 0. The number of aromatic hydroxyl groups is 2. The van der Waals surface area contributed by atoms with Gasteiger partial charge in [0.2, 0.25) is 0 Å². The fraction of sp³-hybridized carbons (Fsp3) is 0.357. The zero-order chi connectivity index (χ0) is 14.3. The molecule has 1 rings (SSSR count). The Balaban J connectivity index is 2.53. The van der Waals surface area contributed by atoms with Crippen molar-refractivity contribution in [2.24, 2.45) is 0 Å². The van der Waals surface area contributed by atoms with Crippen molar-refractivity contribution in [3.63, 3.8) is 0 Å². The first-order valence-electron chi connectivity index (χ1n) is 6.30. The van der Waals surface area contributed by atoms with Crippen LogP contribution in [0.4, 0.5) is 0 Å². The van der Waals surface area contributed by atoms with Gasteiger partial charge in [-0.25, -0.2) is 4.79 Å². The molecule has 104 valence electrons. The molecular formula is C14H20NO4+. The number of quaternary nitrogens is 1. The summed E-state index contributed by atoms with van der Waals surface area (Å²) >= 11 is 0. The van der Waals surface area contributed by atoms with Gasteiger partial charge in [0, 0.05) is 12.1 Å². The van der Waals surface area contributed by atoms with Gasteiger partial charge in [0.25, 0.3) is 0 Å². The number of esters is 1. The van der Waals surface area contributed by atoms with E-state index in [1.54, 1.807) is 6.08 Å². The highest BCUT2D eigenvalue weighted by molar-refractivity contribution is 5.92. The molecular weight excluding hydrogens is 246 g/mol. The van der Waals surface area contributed by atoms with E-state index < -0.39 is 5.97 Å². The Bertz CT molecular complexity index is 453. The highest BCUT2D eigenvalue weighted by atomic mass is 16.5. The van der Waals surface area contributed by atoms with Crippen LogP contribution < -0.4 is 4.90 Å². The summed E-state index contributed by atoms with van der Waals surface area (Å²) in [5.74, 6) is -1.05. The predicted octanol–water partition coefficient (Wildman–Crippen LogP) is 0.693. The lowest BCUT2D eigenvalue weighted by atomic mass is 10.2. The molecule has 0 aliphatic carbocycles. The molecule has 0 aromatic heterocycles. The Morgan fingerprint density at radius 3 is 2.58 bits per heavy atom. The van der Waals surface area contributed by atoms with Crippen molar-refractivity contribution in [1.82, 2.24) is 0 Å². The average molecular weight is 266 g/mol. The van der Waals surface area contributed by atoms with Crippen LogP contribution in [0.15, 0.2) is 30.5 Å². The largest absolute Gasteiger partial charge is 0.508 e. The van der Waals surface area contributed by atoms with Gasteiger partial charge in [0.05, 0.1) is 25.9 Å². The smallest absolute Gasteiger partial charge is 0.346 e. The van der Waals surface area contributed by atoms with Crippen molar-refractivity contribution in [2.75, 3.05) is 19.6 Å². The minimum absolute atomic E-state index is 0.0256. The molecule has 0 atom stereocenters. The molecule has 0 spiro atoms. The van der Waals surface area contributed by atoms with Crippen molar-refractivity contribution in [3.8, 4) is 11.5 Å². The summed E-state index contributed by atoms with van der Waals surface area (Å²) in [6.07, 6.45) is 3.11. The molecule has 0 saturated heterocycles. The zero-order valence-electron chi connectivity index (χ0n) is 11.2. The van der Waals surface area contributed by atoms with E-state index in [4.69, 9.17) is 9.84 Å². The minimum Gasteiger partial charge on any atom is -0.508 e. The Hall–Kier alpha value is -2.01. The number of rotatable bonds is 6. The second-order valence-electron chi connectivity index (χ2n) is 4.14. The number of benzene rings is 1. The minimum atomic E-state index is -0.650. The molecule has 0 heterocycles. The number of hydrogen-bond acceptors (Lipinski definition) is 4. The summed E-state index contributed by atoms with van der Waals surface area (Å²) in [6.45, 7) is 6.98. The third-order valence-electron chi connectivity index (χ3n) is 2.88. The zero-order valence-corrected chi connectivity index (χ0v) is 11.2. The number of carbonyl (C=O) groups is 1. The Morgan fingerprint density at radius 1 is 1.32 bits per heavy atom. The first-order valence-corrected chi connectivity index (χ1v) is 6.30. The maximum absolute atomic E-state index is 11.6. The number of likely N-dealkylation sites (N-methyl/N-ethyl adjacent to an activating group) is 1. The topological polar surface area (TPSA) is 71.2 Å². The maximum Gasteiger partial charge on any atom is 0.346 e. The van der Waals surface area contributed by atoms with E-state index in [2.05, 4.69) is 13.8 Å². The molecule has 0 fully saturated rings. The molecule has 0 bridgehead atoms. The second kappa shape index (κ2) is 7.43. The fourth-order valence-corrected chi connectivity index (χ4v) is 1.62. The molecule has 1 aromatic rings. The van der Waals surface area contributed by atoms with Gasteiger partial charge >= 0.3 is 5.97 Å². The first-order chi connectivity index (χ1) is 9.08. The van der Waals surface area contributed by atoms with Crippen molar-refractivity contribution in [1.29, 1.82) is 0 Å². The van der Waals surface area contributed by atoms with Crippen LogP contribution in [-0.2, 0) is 4.74 Å². The van der Waals surface area contributed by atoms with Crippen molar-refractivity contribution in [2.45, 2.75) is 13.8 Å². The molecule has 5 nitrogen and oxygen atoms in total. The number of hydrogen-bond donors (Lipinski definition) is 3. The Morgan fingerprint density at radius 2 is 2.00 bits per heavy atom. The summed E-state index contributed by atoms with van der Waals surface area (Å²) in [4.78, 5) is 13.0. The lowest BCUT2D eigenvalue weighted by molar-refractivity contribution is -0.890. The molecule has 0 amide bonds. The lowest BCUT2D eigenvalue weighted by Crippen LogP contribution is -3.11. The number of carbonyl (C=O) groups excluding carboxylic acids is 1. The molecule has 0 unspecified atom stereocenters. The third-order valence-corrected chi connectivity index (χ3v) is 2.88. The molecule has 0 aliphatic rings. The van der Waals surface area contributed by atoms with Crippen molar-refractivity contribution < 1.29 is 24.6 Å². The Labute approximate surface area is 112 Å². The van der Waals surface area contributed by atoms with Gasteiger partial charge in [-0.3, -0.25) is 0 Å². The van der Waals surface area contributed by atoms with Gasteiger partial charge in [0.1, 0.15) is 17.1 Å². The molecule has 0 radical (unpaired) electrons. The van der Waals surface area contributed by atoms with E-state index in [-0.39, 0.29) is 17.1 Å². The fourth-order valence-electron chi connectivity index (χ4n) is 1.62. The standard InChI is InChI=1S/C14H19NO4/c1-3-15(4-2)8-5-9-19-14(18)12-7-6-11(16)10-13(12)17/h5-7,9-10,16-17H,3-4,8H2,1-2H3/p+1/b9-5+. The average Bonchev–Trinajstić information content (AvgIpc) is 2.38. The van der Waals surface area contributed by atoms with E-state index in [0.717, 1.165) is 25.7 Å².